The van der Waals surface area contributed by atoms with Gasteiger partial charge in [-0.3, -0.25) is 9.88 Å². The fourth-order valence-electron chi connectivity index (χ4n) is 1.89. The van der Waals surface area contributed by atoms with Crippen LogP contribution in [-0.4, -0.2) is 25.6 Å². The summed E-state index contributed by atoms with van der Waals surface area (Å²) < 4.78 is 1.73. The summed E-state index contributed by atoms with van der Waals surface area (Å²) in [6, 6.07) is 11.0. The number of amides is 2. The van der Waals surface area contributed by atoms with Gasteiger partial charge in [0, 0.05) is 25.0 Å². The third-order valence-corrected chi connectivity index (χ3v) is 2.96. The molecule has 0 fully saturated rings. The molecule has 0 saturated carbocycles. The topological polar surface area (TPSA) is 84.7 Å². The van der Waals surface area contributed by atoms with Gasteiger partial charge in [-0.15, -0.1) is 0 Å². The molecule has 0 bridgehead atoms. The first kappa shape index (κ1) is 13.7. The highest BCUT2D eigenvalue weighted by atomic mass is 16.2. The molecule has 0 aliphatic heterocycles. The zero-order chi connectivity index (χ0) is 15.2. The van der Waals surface area contributed by atoms with Crippen LogP contribution in [0.4, 0.5) is 10.6 Å². The Bertz CT molecular complexity index is 742. The zero-order valence-electron chi connectivity index (χ0n) is 11.7. The van der Waals surface area contributed by atoms with E-state index >= 15 is 0 Å². The lowest BCUT2D eigenvalue weighted by atomic mass is 10.2. The number of nitrogens with one attached hydrogen (secondary N) is 2. The van der Waals surface area contributed by atoms with Crippen molar-refractivity contribution in [3.8, 4) is 5.82 Å². The lowest BCUT2D eigenvalue weighted by molar-refractivity contribution is 0.251. The van der Waals surface area contributed by atoms with E-state index in [1.165, 1.54) is 6.33 Å². The predicted molar refractivity (Wildman–Crippen MR) is 81.5 cm³/mol. The van der Waals surface area contributed by atoms with Crippen LogP contribution in [0.15, 0.2) is 61.4 Å². The smallest absolute Gasteiger partial charge is 0.320 e. The average molecular weight is 294 g/mol. The van der Waals surface area contributed by atoms with Gasteiger partial charge in [0.15, 0.2) is 0 Å². The molecule has 2 aromatic heterocycles. The number of anilines is 1. The average Bonchev–Trinajstić information content (AvgIpc) is 3.09. The fourth-order valence-corrected chi connectivity index (χ4v) is 1.89. The molecule has 0 aliphatic rings. The standard InChI is InChI=1S/C15H14N6O/c22-15(17-9-12-4-2-1-3-5-12)20-13-8-14(19-10-18-13)21-7-6-16-11-21/h1-8,10-11H,9H2,(H2,17,18,19,20,22). The molecule has 3 aromatic rings. The number of rotatable bonds is 4. The molecule has 2 amide bonds. The second kappa shape index (κ2) is 6.49. The maximum Gasteiger partial charge on any atom is 0.320 e. The first-order chi connectivity index (χ1) is 10.8. The van der Waals surface area contributed by atoms with Crippen molar-refractivity contribution in [2.24, 2.45) is 0 Å². The zero-order valence-corrected chi connectivity index (χ0v) is 11.7. The Labute approximate surface area is 127 Å². The molecule has 0 saturated heterocycles. The molecule has 110 valence electrons. The molecule has 0 radical (unpaired) electrons. The van der Waals surface area contributed by atoms with Crippen molar-refractivity contribution in [2.75, 3.05) is 5.32 Å². The molecule has 7 heteroatoms. The van der Waals surface area contributed by atoms with Crippen LogP contribution >= 0.6 is 0 Å². The molecule has 7 nitrogen and oxygen atoms in total. The lowest BCUT2D eigenvalue weighted by Crippen LogP contribution is -2.28. The van der Waals surface area contributed by atoms with Crippen LogP contribution in [0, 0.1) is 0 Å². The van der Waals surface area contributed by atoms with E-state index in [-0.39, 0.29) is 6.03 Å². The van der Waals surface area contributed by atoms with Gasteiger partial charge >= 0.3 is 6.03 Å². The van der Waals surface area contributed by atoms with Crippen LogP contribution < -0.4 is 10.6 Å². The summed E-state index contributed by atoms with van der Waals surface area (Å²) in [5.74, 6) is 1.05. The largest absolute Gasteiger partial charge is 0.334 e. The van der Waals surface area contributed by atoms with Gasteiger partial charge in [0.25, 0.3) is 0 Å². The SMILES string of the molecule is O=C(NCc1ccccc1)Nc1cc(-n2ccnc2)ncn1. The minimum absolute atomic E-state index is 0.320. The van der Waals surface area contributed by atoms with Gasteiger partial charge in [0.2, 0.25) is 0 Å². The molecular weight excluding hydrogens is 280 g/mol. The van der Waals surface area contributed by atoms with E-state index in [2.05, 4.69) is 25.6 Å². The molecule has 2 N–H and O–H groups in total. The summed E-state index contributed by atoms with van der Waals surface area (Å²) in [4.78, 5) is 24.0. The van der Waals surface area contributed by atoms with E-state index in [0.717, 1.165) is 5.56 Å². The second-order valence-corrected chi connectivity index (χ2v) is 4.52. The molecule has 1 aromatic carbocycles. The Morgan fingerprint density at radius 2 is 2.05 bits per heavy atom. The van der Waals surface area contributed by atoms with Crippen LogP contribution in [0.1, 0.15) is 5.56 Å². The Morgan fingerprint density at radius 1 is 1.18 bits per heavy atom. The van der Waals surface area contributed by atoms with E-state index in [4.69, 9.17) is 0 Å². The molecule has 0 spiro atoms. The Morgan fingerprint density at radius 3 is 2.82 bits per heavy atom. The molecule has 22 heavy (non-hydrogen) atoms. The molecule has 0 unspecified atom stereocenters. The number of imidazole rings is 1. The number of nitrogens with zero attached hydrogens (tertiary/aromatic N) is 4. The van der Waals surface area contributed by atoms with Crippen LogP contribution in [-0.2, 0) is 6.54 Å². The number of hydrogen-bond acceptors (Lipinski definition) is 4. The third kappa shape index (κ3) is 3.45. The van der Waals surface area contributed by atoms with Crippen molar-refractivity contribution < 1.29 is 4.79 Å². The predicted octanol–water partition coefficient (Wildman–Crippen LogP) is 1.98. The van der Waals surface area contributed by atoms with Crippen molar-refractivity contribution in [3.05, 3.63) is 67.0 Å². The molecule has 2 heterocycles. The van der Waals surface area contributed by atoms with Crippen LogP contribution in [0.25, 0.3) is 5.82 Å². The Balaban J connectivity index is 1.61. The Hall–Kier alpha value is -3.22. The van der Waals surface area contributed by atoms with Gasteiger partial charge in [-0.05, 0) is 5.56 Å². The third-order valence-electron chi connectivity index (χ3n) is 2.96. The first-order valence-corrected chi connectivity index (χ1v) is 6.70. The van der Waals surface area contributed by atoms with Gasteiger partial charge in [-0.2, -0.15) is 0 Å². The molecule has 0 atom stereocenters. The van der Waals surface area contributed by atoms with Gasteiger partial charge in [-0.25, -0.2) is 19.7 Å². The monoisotopic (exact) mass is 294 g/mol. The number of carbonyl (C=O) groups is 1. The number of urea groups is 1. The summed E-state index contributed by atoms with van der Waals surface area (Å²) >= 11 is 0. The summed E-state index contributed by atoms with van der Waals surface area (Å²) in [6.07, 6.45) is 6.44. The number of carbonyl (C=O) groups excluding carboxylic acids is 1. The normalized spacial score (nSPS) is 10.2. The van der Waals surface area contributed by atoms with Gasteiger partial charge < -0.3 is 5.32 Å². The fraction of sp³-hybridized carbons (Fsp3) is 0.0667. The Kier molecular flexibility index (Phi) is 4.05. The summed E-state index contributed by atoms with van der Waals surface area (Å²) in [7, 11) is 0. The molecule has 0 aliphatic carbocycles. The van der Waals surface area contributed by atoms with E-state index in [1.54, 1.807) is 29.4 Å². The maximum absolute atomic E-state index is 11.9. The van der Waals surface area contributed by atoms with E-state index in [1.807, 2.05) is 30.3 Å². The highest BCUT2D eigenvalue weighted by Crippen LogP contribution is 2.08. The van der Waals surface area contributed by atoms with Gasteiger partial charge in [-0.1, -0.05) is 30.3 Å². The number of hydrogen-bond donors (Lipinski definition) is 2. The quantitative estimate of drug-likeness (QED) is 0.770. The van der Waals surface area contributed by atoms with Gasteiger partial charge in [0.05, 0.1) is 0 Å². The highest BCUT2D eigenvalue weighted by Gasteiger charge is 2.05. The maximum atomic E-state index is 11.9. The van der Waals surface area contributed by atoms with E-state index in [9.17, 15) is 4.79 Å². The molecular formula is C15H14N6O. The minimum Gasteiger partial charge on any atom is -0.334 e. The van der Waals surface area contributed by atoms with Crippen molar-refractivity contribution in [1.82, 2.24) is 24.8 Å². The van der Waals surface area contributed by atoms with Crippen LogP contribution in [0.5, 0.6) is 0 Å². The van der Waals surface area contributed by atoms with Crippen molar-refractivity contribution in [3.63, 3.8) is 0 Å². The van der Waals surface area contributed by atoms with Crippen LogP contribution in [0.3, 0.4) is 0 Å². The molecule has 3 rings (SSSR count). The van der Waals surface area contributed by atoms with Crippen molar-refractivity contribution >= 4 is 11.8 Å². The van der Waals surface area contributed by atoms with E-state index in [0.29, 0.717) is 18.2 Å². The number of aromatic nitrogens is 4. The second-order valence-electron chi connectivity index (χ2n) is 4.52. The van der Waals surface area contributed by atoms with Crippen LogP contribution in [0.2, 0.25) is 0 Å². The minimum atomic E-state index is -0.320. The van der Waals surface area contributed by atoms with Gasteiger partial charge in [0.1, 0.15) is 24.3 Å². The summed E-state index contributed by atoms with van der Waals surface area (Å²) in [5.41, 5.74) is 1.03. The summed E-state index contributed by atoms with van der Waals surface area (Å²) in [5, 5.41) is 5.45. The first-order valence-electron chi connectivity index (χ1n) is 6.70. The van der Waals surface area contributed by atoms with Crippen molar-refractivity contribution in [2.45, 2.75) is 6.54 Å². The number of benzene rings is 1. The highest BCUT2D eigenvalue weighted by molar-refractivity contribution is 5.88. The van der Waals surface area contributed by atoms with Crippen molar-refractivity contribution in [1.29, 1.82) is 0 Å². The van der Waals surface area contributed by atoms with E-state index < -0.39 is 0 Å². The lowest BCUT2D eigenvalue weighted by Gasteiger charge is -2.08. The summed E-state index contributed by atoms with van der Waals surface area (Å²) in [6.45, 7) is 0.451.